The predicted molar refractivity (Wildman–Crippen MR) is 87.7 cm³/mol. The van der Waals surface area contributed by atoms with Gasteiger partial charge in [-0.2, -0.15) is 17.0 Å². The summed E-state index contributed by atoms with van der Waals surface area (Å²) >= 11 is 0. The maximum atomic E-state index is 12.6. The fourth-order valence-corrected chi connectivity index (χ4v) is 3.60. The quantitative estimate of drug-likeness (QED) is 0.519. The number of methoxy groups -OCH3 is 1. The summed E-state index contributed by atoms with van der Waals surface area (Å²) < 4.78 is 33.3. The van der Waals surface area contributed by atoms with Gasteiger partial charge in [-0.25, -0.2) is 0 Å². The number of hydrogen-bond donors (Lipinski definition) is 1. The van der Waals surface area contributed by atoms with Crippen LogP contribution >= 0.6 is 0 Å². The van der Waals surface area contributed by atoms with Gasteiger partial charge in [0.25, 0.3) is 10.2 Å². The Labute approximate surface area is 131 Å². The van der Waals surface area contributed by atoms with E-state index in [2.05, 4.69) is 12.2 Å². The van der Waals surface area contributed by atoms with E-state index in [-0.39, 0.29) is 6.04 Å². The van der Waals surface area contributed by atoms with Crippen LogP contribution in [-0.2, 0) is 14.9 Å². The van der Waals surface area contributed by atoms with E-state index in [4.69, 9.17) is 4.74 Å². The van der Waals surface area contributed by atoms with Crippen LogP contribution in [0, 0.1) is 0 Å². The van der Waals surface area contributed by atoms with Gasteiger partial charge < -0.3 is 10.1 Å². The van der Waals surface area contributed by atoms with Gasteiger partial charge in [-0.1, -0.05) is 13.8 Å². The van der Waals surface area contributed by atoms with Crippen molar-refractivity contribution in [2.24, 2.45) is 0 Å². The van der Waals surface area contributed by atoms with Gasteiger partial charge in [0.15, 0.2) is 0 Å². The molecule has 0 aromatic heterocycles. The van der Waals surface area contributed by atoms with E-state index >= 15 is 0 Å². The summed E-state index contributed by atoms with van der Waals surface area (Å²) in [5.41, 5.74) is 0. The summed E-state index contributed by atoms with van der Waals surface area (Å²) in [6, 6.07) is -0.0224. The zero-order valence-corrected chi connectivity index (χ0v) is 15.1. The summed E-state index contributed by atoms with van der Waals surface area (Å²) in [5, 5.41) is 3.28. The second kappa shape index (κ2) is 11.4. The number of nitrogens with one attached hydrogen (secondary N) is 1. The molecule has 0 spiro atoms. The molecule has 0 amide bonds. The second-order valence-electron chi connectivity index (χ2n) is 5.29. The van der Waals surface area contributed by atoms with Crippen molar-refractivity contribution < 1.29 is 13.2 Å². The number of hydrogen-bond acceptors (Lipinski definition) is 4. The van der Waals surface area contributed by atoms with Crippen LogP contribution in [0.4, 0.5) is 0 Å². The van der Waals surface area contributed by atoms with E-state index in [9.17, 15) is 8.42 Å². The fraction of sp³-hybridized carbons (Fsp3) is 1.00. The Hall–Kier alpha value is -0.210. The normalized spacial score (nSPS) is 14.0. The molecule has 0 fully saturated rings. The van der Waals surface area contributed by atoms with Gasteiger partial charge in [0.2, 0.25) is 0 Å². The van der Waals surface area contributed by atoms with Crippen molar-refractivity contribution in [3.8, 4) is 0 Å². The Morgan fingerprint density at radius 1 is 1.19 bits per heavy atom. The van der Waals surface area contributed by atoms with Gasteiger partial charge in [0.1, 0.15) is 0 Å². The van der Waals surface area contributed by atoms with Crippen molar-refractivity contribution in [3.63, 3.8) is 0 Å². The van der Waals surface area contributed by atoms with Gasteiger partial charge >= 0.3 is 0 Å². The highest BCUT2D eigenvalue weighted by molar-refractivity contribution is 7.86. The van der Waals surface area contributed by atoms with Crippen LogP contribution in [0.1, 0.15) is 40.0 Å². The molecule has 0 saturated carbocycles. The molecule has 0 aromatic carbocycles. The fourth-order valence-electron chi connectivity index (χ4n) is 1.97. The maximum absolute atomic E-state index is 12.6. The lowest BCUT2D eigenvalue weighted by Crippen LogP contribution is -2.48. The minimum Gasteiger partial charge on any atom is -0.383 e. The van der Waals surface area contributed by atoms with Crippen LogP contribution < -0.4 is 5.32 Å². The van der Waals surface area contributed by atoms with Crippen molar-refractivity contribution in [1.29, 1.82) is 0 Å². The largest absolute Gasteiger partial charge is 0.383 e. The molecule has 128 valence electrons. The molecule has 0 heterocycles. The van der Waals surface area contributed by atoms with E-state index < -0.39 is 10.2 Å². The van der Waals surface area contributed by atoms with Gasteiger partial charge in [-0.3, -0.25) is 0 Å². The Morgan fingerprint density at radius 3 is 2.38 bits per heavy atom. The molecule has 1 atom stereocenters. The van der Waals surface area contributed by atoms with Crippen LogP contribution in [0.5, 0.6) is 0 Å². The molecule has 7 heteroatoms. The molecule has 0 bridgehead atoms. The highest BCUT2D eigenvalue weighted by Crippen LogP contribution is 2.13. The van der Waals surface area contributed by atoms with Crippen LogP contribution in [0.15, 0.2) is 0 Å². The van der Waals surface area contributed by atoms with Gasteiger partial charge in [-0.05, 0) is 39.3 Å². The van der Waals surface area contributed by atoms with Crippen molar-refractivity contribution >= 4 is 10.2 Å². The summed E-state index contributed by atoms with van der Waals surface area (Å²) in [4.78, 5) is 0. The third-order valence-electron chi connectivity index (χ3n) is 3.54. The zero-order chi connectivity index (χ0) is 16.3. The van der Waals surface area contributed by atoms with Crippen molar-refractivity contribution in [3.05, 3.63) is 0 Å². The predicted octanol–water partition coefficient (Wildman–Crippen LogP) is 1.30. The third-order valence-corrected chi connectivity index (χ3v) is 5.65. The molecule has 0 saturated heterocycles. The minimum atomic E-state index is -3.42. The average molecular weight is 324 g/mol. The molecule has 0 aliphatic heterocycles. The first-order valence-electron chi connectivity index (χ1n) is 7.84. The molecule has 0 aliphatic carbocycles. The summed E-state index contributed by atoms with van der Waals surface area (Å²) in [7, 11) is -0.181. The molecule has 0 aromatic rings. The summed E-state index contributed by atoms with van der Waals surface area (Å²) in [6.45, 7) is 9.20. The van der Waals surface area contributed by atoms with Crippen molar-refractivity contribution in [1.82, 2.24) is 13.9 Å². The van der Waals surface area contributed by atoms with Crippen LogP contribution in [-0.4, -0.2) is 70.0 Å². The van der Waals surface area contributed by atoms with Crippen molar-refractivity contribution in [2.75, 3.05) is 46.9 Å². The van der Waals surface area contributed by atoms with Crippen molar-refractivity contribution in [2.45, 2.75) is 46.1 Å². The number of nitrogens with zero attached hydrogens (tertiary/aromatic N) is 2. The van der Waals surface area contributed by atoms with Crippen LogP contribution in [0.3, 0.4) is 0 Å². The van der Waals surface area contributed by atoms with E-state index in [1.807, 2.05) is 13.8 Å². The van der Waals surface area contributed by atoms with E-state index in [1.165, 1.54) is 8.61 Å². The van der Waals surface area contributed by atoms with E-state index in [1.54, 1.807) is 14.2 Å². The first kappa shape index (κ1) is 20.8. The molecule has 1 unspecified atom stereocenters. The molecular weight excluding hydrogens is 290 g/mol. The standard InChI is InChI=1S/C14H33N3O3S/c1-6-9-15-10-8-11-16(4)21(18,19)17(12-13-20-5)14(3)7-2/h14-15H,6-13H2,1-5H3. The molecular formula is C14H33N3O3S. The summed E-state index contributed by atoms with van der Waals surface area (Å²) in [5.74, 6) is 0. The zero-order valence-electron chi connectivity index (χ0n) is 14.3. The van der Waals surface area contributed by atoms with E-state index in [0.29, 0.717) is 19.7 Å². The molecule has 0 radical (unpaired) electrons. The molecule has 6 nitrogen and oxygen atoms in total. The van der Waals surface area contributed by atoms with Gasteiger partial charge in [-0.15, -0.1) is 0 Å². The Morgan fingerprint density at radius 2 is 1.86 bits per heavy atom. The van der Waals surface area contributed by atoms with Gasteiger partial charge in [0.05, 0.1) is 6.61 Å². The van der Waals surface area contributed by atoms with Crippen LogP contribution in [0.25, 0.3) is 0 Å². The SMILES string of the molecule is CCCNCCCN(C)S(=O)(=O)N(CCOC)C(C)CC. The molecule has 0 rings (SSSR count). The highest BCUT2D eigenvalue weighted by Gasteiger charge is 2.29. The molecule has 1 N–H and O–H groups in total. The molecule has 0 aliphatic rings. The number of ether oxygens (including phenoxy) is 1. The first-order chi connectivity index (χ1) is 9.91. The lowest BCUT2D eigenvalue weighted by atomic mass is 10.3. The van der Waals surface area contributed by atoms with E-state index in [0.717, 1.165) is 32.4 Å². The average Bonchev–Trinajstić information content (AvgIpc) is 2.46. The second-order valence-corrected chi connectivity index (χ2v) is 7.28. The maximum Gasteiger partial charge on any atom is 0.282 e. The highest BCUT2D eigenvalue weighted by atomic mass is 32.2. The Kier molecular flexibility index (Phi) is 11.3. The smallest absolute Gasteiger partial charge is 0.282 e. The first-order valence-corrected chi connectivity index (χ1v) is 9.24. The lowest BCUT2D eigenvalue weighted by molar-refractivity contribution is 0.164. The Bertz CT molecular complexity index is 349. The summed E-state index contributed by atoms with van der Waals surface area (Å²) in [6.07, 6.45) is 2.69. The minimum absolute atomic E-state index is 0.0224. The lowest BCUT2D eigenvalue weighted by Gasteiger charge is -2.31. The Balaban J connectivity index is 4.55. The molecule has 21 heavy (non-hydrogen) atoms. The topological polar surface area (TPSA) is 61.9 Å². The third kappa shape index (κ3) is 7.56. The number of rotatable bonds is 13. The van der Waals surface area contributed by atoms with Gasteiger partial charge in [0, 0.05) is 33.3 Å². The van der Waals surface area contributed by atoms with Crippen LogP contribution in [0.2, 0.25) is 0 Å². The monoisotopic (exact) mass is 323 g/mol.